The quantitative estimate of drug-likeness (QED) is 0.153. The molecule has 37 heavy (non-hydrogen) atoms. The summed E-state index contributed by atoms with van der Waals surface area (Å²) < 4.78 is 40.6. The van der Waals surface area contributed by atoms with Crippen LogP contribution in [0.4, 0.5) is 0 Å². The van der Waals surface area contributed by atoms with Crippen molar-refractivity contribution in [1.29, 1.82) is 0 Å². The van der Waals surface area contributed by atoms with Gasteiger partial charge in [-0.3, -0.25) is 4.18 Å². The Labute approximate surface area is 244 Å². The van der Waals surface area contributed by atoms with Crippen LogP contribution in [0.5, 0.6) is 0 Å². The van der Waals surface area contributed by atoms with Gasteiger partial charge in [0.25, 0.3) is 0 Å². The second-order valence-corrected chi connectivity index (χ2v) is 14.3. The Hall–Kier alpha value is 0.450. The van der Waals surface area contributed by atoms with E-state index in [2.05, 4.69) is 13.8 Å². The largest absolute Gasteiger partial charge is 1.00 e. The van der Waals surface area contributed by atoms with Gasteiger partial charge in [-0.15, -0.1) is 0 Å². The van der Waals surface area contributed by atoms with Gasteiger partial charge in [-0.05, 0) is 78.9 Å². The van der Waals surface area contributed by atoms with E-state index < -0.39 is 57.2 Å². The number of aliphatic hydroxyl groups is 4. The summed E-state index contributed by atoms with van der Waals surface area (Å²) in [5, 5.41) is 44.3. The van der Waals surface area contributed by atoms with Crippen molar-refractivity contribution in [2.24, 2.45) is 46.3 Å². The molecule has 0 bridgehead atoms. The molecule has 0 aromatic carbocycles. The first kappa shape index (κ1) is 32.0. The van der Waals surface area contributed by atoms with Crippen LogP contribution in [0.25, 0.3) is 0 Å². The molecule has 208 valence electrons. The molecule has 4 rings (SSSR count). The molecular formula is C27H45NaO8S. The minimum atomic E-state index is -5.01. The molecule has 0 heterocycles. The van der Waals surface area contributed by atoms with Crippen LogP contribution >= 0.6 is 0 Å². The molecule has 0 amide bonds. The van der Waals surface area contributed by atoms with Crippen molar-refractivity contribution in [3.63, 3.8) is 0 Å². The van der Waals surface area contributed by atoms with Gasteiger partial charge in [-0.1, -0.05) is 46.8 Å². The minimum absolute atomic E-state index is 0. The zero-order valence-electron chi connectivity index (χ0n) is 23.2. The third kappa shape index (κ3) is 5.66. The van der Waals surface area contributed by atoms with Crippen molar-refractivity contribution in [3.8, 4) is 0 Å². The van der Waals surface area contributed by atoms with Gasteiger partial charge < -0.3 is 25.0 Å². The Morgan fingerprint density at radius 1 is 1.03 bits per heavy atom. The van der Waals surface area contributed by atoms with E-state index in [9.17, 15) is 33.4 Å². The summed E-state index contributed by atoms with van der Waals surface area (Å²) in [7, 11) is -5.01. The standard InChI is InChI=1S/C27H46O8S.Na/c1-15(2)20(29)7-6-16(3)18-13-22(35-36(32,33)34)24-26(18,5)11-9-23-25(4)10-8-17(28)12-19(25)21(30)14-27(23,24)31;/h6-7,15-24,28-31H,8-14H2,1-5H3,(H,32,33,34);/q;+1/p-1/b7-6+;/t16-,17+,18-,19?,20?,21-,22-,23?,24?,25+,26-,27+;/m1./s1. The zero-order chi connectivity index (χ0) is 26.8. The minimum Gasteiger partial charge on any atom is -0.726 e. The first-order chi connectivity index (χ1) is 16.5. The summed E-state index contributed by atoms with van der Waals surface area (Å²) in [4.78, 5) is 0. The van der Waals surface area contributed by atoms with Crippen LogP contribution < -0.4 is 29.6 Å². The molecule has 0 aliphatic heterocycles. The fraction of sp³-hybridized carbons (Fsp3) is 0.926. The van der Waals surface area contributed by atoms with Gasteiger partial charge in [-0.25, -0.2) is 8.42 Å². The average Bonchev–Trinajstić information content (AvgIpc) is 3.04. The van der Waals surface area contributed by atoms with Crippen LogP contribution in [0.15, 0.2) is 12.2 Å². The maximum absolute atomic E-state index is 12.5. The van der Waals surface area contributed by atoms with Gasteiger partial charge in [0.2, 0.25) is 10.4 Å². The summed E-state index contributed by atoms with van der Waals surface area (Å²) in [6.45, 7) is 10.0. The van der Waals surface area contributed by atoms with E-state index in [0.717, 1.165) is 12.8 Å². The molecule has 0 spiro atoms. The molecule has 0 aromatic rings. The third-order valence-electron chi connectivity index (χ3n) is 10.9. The first-order valence-electron chi connectivity index (χ1n) is 13.6. The monoisotopic (exact) mass is 552 g/mol. The second kappa shape index (κ2) is 11.0. The zero-order valence-corrected chi connectivity index (χ0v) is 26.0. The van der Waals surface area contributed by atoms with Crippen LogP contribution in [0.3, 0.4) is 0 Å². The van der Waals surface area contributed by atoms with Gasteiger partial charge in [0, 0.05) is 12.3 Å². The third-order valence-corrected chi connectivity index (χ3v) is 11.4. The number of aliphatic hydroxyl groups excluding tert-OH is 3. The number of rotatable bonds is 6. The average molecular weight is 553 g/mol. The molecule has 8 nitrogen and oxygen atoms in total. The molecule has 10 heteroatoms. The molecule has 4 aliphatic rings. The van der Waals surface area contributed by atoms with Gasteiger partial charge >= 0.3 is 29.6 Å². The first-order valence-corrected chi connectivity index (χ1v) is 14.9. The summed E-state index contributed by atoms with van der Waals surface area (Å²) in [6.07, 6.45) is 4.44. The predicted octanol–water partition coefficient (Wildman–Crippen LogP) is -0.240. The van der Waals surface area contributed by atoms with Crippen LogP contribution in [0.2, 0.25) is 0 Å². The normalized spacial score (nSPS) is 47.6. The molecular weight excluding hydrogens is 507 g/mol. The Morgan fingerprint density at radius 3 is 2.24 bits per heavy atom. The summed E-state index contributed by atoms with van der Waals surface area (Å²) in [6, 6.07) is 0. The smallest absolute Gasteiger partial charge is 0.726 e. The van der Waals surface area contributed by atoms with Gasteiger partial charge in [0.05, 0.1) is 30.0 Å². The Morgan fingerprint density at radius 2 is 1.65 bits per heavy atom. The van der Waals surface area contributed by atoms with E-state index in [1.807, 2.05) is 26.8 Å². The SMILES string of the molecule is CC(C)C(O)/C=C/[C@@H](C)[C@H]1C[C@@H](OS(=O)(=O)[O-])C2[C@]3(O)C[C@@H](O)C4C[C@@H](O)CC[C@]4(C)C3CC[C@@]21C.[Na+]. The molecule has 0 aromatic heterocycles. The molecule has 0 radical (unpaired) electrons. The predicted molar refractivity (Wildman–Crippen MR) is 133 cm³/mol. The van der Waals surface area contributed by atoms with E-state index in [1.165, 1.54) is 0 Å². The maximum Gasteiger partial charge on any atom is 1.00 e. The van der Waals surface area contributed by atoms with Crippen LogP contribution in [-0.2, 0) is 14.6 Å². The second-order valence-electron chi connectivity index (χ2n) is 13.2. The van der Waals surface area contributed by atoms with Crippen LogP contribution in [0, 0.1) is 46.3 Å². The van der Waals surface area contributed by atoms with Crippen molar-refractivity contribution in [1.82, 2.24) is 0 Å². The molecule has 0 saturated heterocycles. The number of allylic oxidation sites excluding steroid dienone is 1. The van der Waals surface area contributed by atoms with E-state index in [1.54, 1.807) is 6.08 Å². The fourth-order valence-electron chi connectivity index (χ4n) is 9.19. The topological polar surface area (TPSA) is 147 Å². The van der Waals surface area contributed by atoms with Gasteiger partial charge in [0.1, 0.15) is 0 Å². The van der Waals surface area contributed by atoms with E-state index in [-0.39, 0.29) is 65.6 Å². The maximum atomic E-state index is 12.5. The molecule has 4 saturated carbocycles. The number of hydrogen-bond acceptors (Lipinski definition) is 8. The van der Waals surface area contributed by atoms with Crippen LogP contribution in [0.1, 0.15) is 79.6 Å². The van der Waals surface area contributed by atoms with Crippen molar-refractivity contribution in [2.75, 3.05) is 0 Å². The molecule has 4 unspecified atom stereocenters. The van der Waals surface area contributed by atoms with Gasteiger partial charge in [0.15, 0.2) is 0 Å². The Balaban J connectivity index is 0.00000380. The number of fused-ring (bicyclic) bond motifs is 5. The summed E-state index contributed by atoms with van der Waals surface area (Å²) in [5.74, 6) is -1.04. The Kier molecular flexibility index (Phi) is 9.53. The summed E-state index contributed by atoms with van der Waals surface area (Å²) in [5.41, 5.74) is -2.33. The van der Waals surface area contributed by atoms with Crippen LogP contribution in [-0.4, -0.2) is 63.4 Å². The Bertz CT molecular complexity index is 958. The molecule has 4 fully saturated rings. The van der Waals surface area contributed by atoms with Crippen molar-refractivity contribution in [3.05, 3.63) is 12.2 Å². The number of hydrogen-bond donors (Lipinski definition) is 4. The van der Waals surface area contributed by atoms with E-state index >= 15 is 0 Å². The fourth-order valence-corrected chi connectivity index (χ4v) is 9.69. The van der Waals surface area contributed by atoms with E-state index in [0.29, 0.717) is 25.7 Å². The van der Waals surface area contributed by atoms with Crippen molar-refractivity contribution in [2.45, 2.75) is 110 Å². The molecule has 4 N–H and O–H groups in total. The molecule has 12 atom stereocenters. The molecule has 4 aliphatic carbocycles. The van der Waals surface area contributed by atoms with Crippen molar-refractivity contribution < 1.29 is 67.1 Å². The summed E-state index contributed by atoms with van der Waals surface area (Å²) >= 11 is 0. The van der Waals surface area contributed by atoms with E-state index in [4.69, 9.17) is 4.18 Å². The van der Waals surface area contributed by atoms with Gasteiger partial charge in [-0.2, -0.15) is 0 Å². The van der Waals surface area contributed by atoms with Crippen molar-refractivity contribution >= 4 is 10.4 Å².